The summed E-state index contributed by atoms with van der Waals surface area (Å²) in [6, 6.07) is 0. The molecule has 0 aromatic rings. The first-order valence-corrected chi connectivity index (χ1v) is 2.45. The van der Waals surface area contributed by atoms with Gasteiger partial charge in [0, 0.05) is 0 Å². The van der Waals surface area contributed by atoms with Crippen LogP contribution in [0.1, 0.15) is 13.8 Å². The normalized spacial score (nSPS) is 14.0. The maximum absolute atomic E-state index is 9.67. The molecule has 0 heterocycles. The summed E-state index contributed by atoms with van der Waals surface area (Å²) in [7, 11) is 0. The molecule has 1 N–H and O–H groups in total. The molecule has 3 heteroatoms. The highest BCUT2D eigenvalue weighted by Gasteiger charge is 2.01. The van der Waals surface area contributed by atoms with E-state index in [1.165, 1.54) is 0 Å². The average molecular weight is 118 g/mol. The standard InChI is InChI=1S/C5H10O3/c1-4(2)8-5(7)3-6/h3-5,7H,1-2H3. The fourth-order valence-corrected chi connectivity index (χ4v) is 0.311. The number of rotatable bonds is 3. The minimum absolute atomic E-state index is 0.102. The van der Waals surface area contributed by atoms with E-state index in [1.54, 1.807) is 13.8 Å². The van der Waals surface area contributed by atoms with Gasteiger partial charge in [-0.1, -0.05) is 0 Å². The lowest BCUT2D eigenvalue weighted by Crippen LogP contribution is -2.17. The molecule has 0 radical (unpaired) electrons. The second-order valence-electron chi connectivity index (χ2n) is 1.71. The Balaban J connectivity index is 3.23. The van der Waals surface area contributed by atoms with Gasteiger partial charge in [0.05, 0.1) is 6.10 Å². The van der Waals surface area contributed by atoms with Gasteiger partial charge >= 0.3 is 0 Å². The predicted molar refractivity (Wildman–Crippen MR) is 28.3 cm³/mol. The third-order valence-corrected chi connectivity index (χ3v) is 0.528. The van der Waals surface area contributed by atoms with Crippen LogP contribution in [0, 0.1) is 0 Å². The molecule has 0 spiro atoms. The van der Waals surface area contributed by atoms with Crippen molar-refractivity contribution in [1.29, 1.82) is 0 Å². The zero-order valence-corrected chi connectivity index (χ0v) is 5.00. The number of carbonyl (C=O) groups excluding carboxylic acids is 1. The SMILES string of the molecule is CC(C)OC(O)C=O. The monoisotopic (exact) mass is 118 g/mol. The Morgan fingerprint density at radius 2 is 2.12 bits per heavy atom. The smallest absolute Gasteiger partial charge is 0.212 e. The van der Waals surface area contributed by atoms with Crippen LogP contribution in [-0.4, -0.2) is 23.8 Å². The molecule has 0 aliphatic carbocycles. The second-order valence-corrected chi connectivity index (χ2v) is 1.71. The molecule has 8 heavy (non-hydrogen) atoms. The summed E-state index contributed by atoms with van der Waals surface area (Å²) in [6.45, 7) is 3.49. The van der Waals surface area contributed by atoms with Gasteiger partial charge in [-0.25, -0.2) is 0 Å². The molecule has 1 unspecified atom stereocenters. The van der Waals surface area contributed by atoms with Crippen LogP contribution in [0.25, 0.3) is 0 Å². The van der Waals surface area contributed by atoms with Gasteiger partial charge in [0.2, 0.25) is 6.29 Å². The zero-order chi connectivity index (χ0) is 6.57. The van der Waals surface area contributed by atoms with Gasteiger partial charge in [-0.2, -0.15) is 0 Å². The lowest BCUT2D eigenvalue weighted by molar-refractivity contribution is -0.150. The highest BCUT2D eigenvalue weighted by atomic mass is 16.6. The molecule has 0 amide bonds. The number of hydrogen-bond donors (Lipinski definition) is 1. The van der Waals surface area contributed by atoms with Crippen LogP contribution < -0.4 is 0 Å². The molecule has 1 atom stereocenters. The predicted octanol–water partition coefficient (Wildman–Crippen LogP) is -0.0713. The molecule has 48 valence electrons. The Morgan fingerprint density at radius 3 is 2.25 bits per heavy atom. The first kappa shape index (κ1) is 7.59. The van der Waals surface area contributed by atoms with Crippen molar-refractivity contribution >= 4 is 6.29 Å². The van der Waals surface area contributed by atoms with Crippen molar-refractivity contribution < 1.29 is 14.6 Å². The number of carbonyl (C=O) groups is 1. The molecule has 0 fully saturated rings. The topological polar surface area (TPSA) is 46.5 Å². The van der Waals surface area contributed by atoms with Crippen molar-refractivity contribution in [2.75, 3.05) is 0 Å². The molecule has 0 aliphatic rings. The van der Waals surface area contributed by atoms with Crippen LogP contribution in [0.15, 0.2) is 0 Å². The Labute approximate surface area is 48.3 Å². The summed E-state index contributed by atoms with van der Waals surface area (Å²) in [6.07, 6.45) is -1.01. The van der Waals surface area contributed by atoms with Gasteiger partial charge in [-0.15, -0.1) is 0 Å². The first-order chi connectivity index (χ1) is 3.66. The third-order valence-electron chi connectivity index (χ3n) is 0.528. The first-order valence-electron chi connectivity index (χ1n) is 2.45. The maximum atomic E-state index is 9.67. The van der Waals surface area contributed by atoms with Crippen LogP contribution >= 0.6 is 0 Å². The van der Waals surface area contributed by atoms with Gasteiger partial charge in [0.25, 0.3) is 0 Å². The van der Waals surface area contributed by atoms with E-state index in [2.05, 4.69) is 4.74 Å². The summed E-state index contributed by atoms with van der Waals surface area (Å²) in [4.78, 5) is 9.67. The van der Waals surface area contributed by atoms with E-state index < -0.39 is 6.29 Å². The minimum Gasteiger partial charge on any atom is -0.362 e. The van der Waals surface area contributed by atoms with Crippen molar-refractivity contribution in [2.45, 2.75) is 26.2 Å². The summed E-state index contributed by atoms with van der Waals surface area (Å²) in [5, 5.41) is 8.44. The largest absolute Gasteiger partial charge is 0.362 e. The van der Waals surface area contributed by atoms with E-state index in [-0.39, 0.29) is 6.10 Å². The Hall–Kier alpha value is -0.410. The molecule has 0 aromatic carbocycles. The Kier molecular flexibility index (Phi) is 3.39. The molecule has 0 rings (SSSR count). The van der Waals surface area contributed by atoms with Gasteiger partial charge in [-0.05, 0) is 13.8 Å². The summed E-state index contributed by atoms with van der Waals surface area (Å²) in [5.74, 6) is 0. The van der Waals surface area contributed by atoms with Crippen LogP contribution in [0.3, 0.4) is 0 Å². The Morgan fingerprint density at radius 1 is 1.62 bits per heavy atom. The molecule has 0 saturated carbocycles. The minimum atomic E-state index is -1.25. The lowest BCUT2D eigenvalue weighted by atomic mass is 10.5. The summed E-state index contributed by atoms with van der Waals surface area (Å²) >= 11 is 0. The van der Waals surface area contributed by atoms with Gasteiger partial charge in [-0.3, -0.25) is 4.79 Å². The molecule has 3 nitrogen and oxygen atoms in total. The number of aliphatic hydroxyl groups excluding tert-OH is 1. The van der Waals surface area contributed by atoms with Crippen molar-refractivity contribution in [1.82, 2.24) is 0 Å². The highest BCUT2D eigenvalue weighted by molar-refractivity contribution is 5.53. The fraction of sp³-hybridized carbons (Fsp3) is 0.800. The van der Waals surface area contributed by atoms with Crippen molar-refractivity contribution in [2.24, 2.45) is 0 Å². The zero-order valence-electron chi connectivity index (χ0n) is 5.00. The summed E-state index contributed by atoms with van der Waals surface area (Å²) in [5.41, 5.74) is 0. The number of aldehydes is 1. The van der Waals surface area contributed by atoms with E-state index in [4.69, 9.17) is 5.11 Å². The maximum Gasteiger partial charge on any atom is 0.212 e. The number of aliphatic hydroxyl groups is 1. The van der Waals surface area contributed by atoms with E-state index in [0.29, 0.717) is 6.29 Å². The van der Waals surface area contributed by atoms with Crippen LogP contribution in [0.4, 0.5) is 0 Å². The third kappa shape index (κ3) is 3.77. The van der Waals surface area contributed by atoms with Crippen molar-refractivity contribution in [3.63, 3.8) is 0 Å². The van der Waals surface area contributed by atoms with E-state index in [1.807, 2.05) is 0 Å². The van der Waals surface area contributed by atoms with Gasteiger partial charge in [0.15, 0.2) is 6.29 Å². The van der Waals surface area contributed by atoms with Crippen molar-refractivity contribution in [3.05, 3.63) is 0 Å². The molecule has 0 bridgehead atoms. The second kappa shape index (κ2) is 3.57. The van der Waals surface area contributed by atoms with Crippen molar-refractivity contribution in [3.8, 4) is 0 Å². The molecule has 0 aliphatic heterocycles. The van der Waals surface area contributed by atoms with Crippen LogP contribution in [0.2, 0.25) is 0 Å². The van der Waals surface area contributed by atoms with Crippen LogP contribution in [-0.2, 0) is 9.53 Å². The highest BCUT2D eigenvalue weighted by Crippen LogP contribution is 1.89. The Bertz CT molecular complexity index is 70.1. The van der Waals surface area contributed by atoms with Crippen LogP contribution in [0.5, 0.6) is 0 Å². The summed E-state index contributed by atoms with van der Waals surface area (Å²) < 4.78 is 4.59. The van der Waals surface area contributed by atoms with E-state index in [9.17, 15) is 4.79 Å². The number of hydrogen-bond acceptors (Lipinski definition) is 3. The molecular weight excluding hydrogens is 108 g/mol. The molecular formula is C5H10O3. The van der Waals surface area contributed by atoms with E-state index >= 15 is 0 Å². The average Bonchev–Trinajstić information content (AvgIpc) is 1.65. The quantitative estimate of drug-likeness (QED) is 0.416. The number of ether oxygens (including phenoxy) is 1. The molecule has 0 saturated heterocycles. The van der Waals surface area contributed by atoms with E-state index in [0.717, 1.165) is 0 Å². The van der Waals surface area contributed by atoms with Gasteiger partial charge < -0.3 is 9.84 Å². The van der Waals surface area contributed by atoms with Gasteiger partial charge in [0.1, 0.15) is 0 Å². The molecule has 0 aromatic heterocycles. The fourth-order valence-electron chi connectivity index (χ4n) is 0.311. The lowest BCUT2D eigenvalue weighted by Gasteiger charge is -2.07.